The molecule has 0 spiro atoms. The molecule has 1 unspecified atom stereocenters. The van der Waals surface area contributed by atoms with Crippen molar-refractivity contribution in [1.29, 1.82) is 0 Å². The summed E-state index contributed by atoms with van der Waals surface area (Å²) in [7, 11) is 0. The molecule has 1 aromatic heterocycles. The minimum Gasteiger partial charge on any atom is -0.318 e. The topological polar surface area (TPSA) is 62.3 Å². The first-order chi connectivity index (χ1) is 12.6. The van der Waals surface area contributed by atoms with E-state index in [4.69, 9.17) is 0 Å². The number of anilines is 1. The quantitative estimate of drug-likeness (QED) is 0.676. The Hall–Kier alpha value is -2.51. The van der Waals surface area contributed by atoms with E-state index in [1.165, 1.54) is 11.3 Å². The van der Waals surface area contributed by atoms with Gasteiger partial charge in [0, 0.05) is 28.2 Å². The van der Waals surface area contributed by atoms with Crippen LogP contribution in [0.4, 0.5) is 5.13 Å². The maximum atomic E-state index is 13.0. The zero-order chi connectivity index (χ0) is 18.1. The highest BCUT2D eigenvalue weighted by Gasteiger charge is 2.37. The number of hydrogen-bond donors (Lipinski definition) is 1. The number of fused-ring (bicyclic) bond motifs is 1. The third-order valence-electron chi connectivity index (χ3n) is 4.24. The van der Waals surface area contributed by atoms with Crippen LogP contribution in [0.5, 0.6) is 0 Å². The second-order valence-corrected chi connectivity index (χ2v) is 7.68. The van der Waals surface area contributed by atoms with Gasteiger partial charge < -0.3 is 4.90 Å². The summed E-state index contributed by atoms with van der Waals surface area (Å²) in [6, 6.07) is 14.2. The van der Waals surface area contributed by atoms with Gasteiger partial charge in [0.1, 0.15) is 6.04 Å². The van der Waals surface area contributed by atoms with Crippen LogP contribution in [0, 0.1) is 0 Å². The lowest BCUT2D eigenvalue weighted by Gasteiger charge is -2.27. The molecular formula is C19H14BrN3O2S. The molecule has 0 saturated heterocycles. The van der Waals surface area contributed by atoms with Gasteiger partial charge in [-0.3, -0.25) is 14.9 Å². The fourth-order valence-corrected chi connectivity index (χ4v) is 3.96. The Kier molecular flexibility index (Phi) is 4.57. The minimum atomic E-state index is -0.723. The average molecular weight is 428 g/mol. The first kappa shape index (κ1) is 16.9. The van der Waals surface area contributed by atoms with Crippen molar-refractivity contribution < 1.29 is 9.59 Å². The van der Waals surface area contributed by atoms with Gasteiger partial charge in [-0.25, -0.2) is 4.98 Å². The Morgan fingerprint density at radius 3 is 2.77 bits per heavy atom. The third kappa shape index (κ3) is 3.15. The van der Waals surface area contributed by atoms with E-state index < -0.39 is 6.04 Å². The van der Waals surface area contributed by atoms with E-state index in [1.807, 2.05) is 42.5 Å². The summed E-state index contributed by atoms with van der Waals surface area (Å²) in [5.41, 5.74) is 2.31. The zero-order valence-electron chi connectivity index (χ0n) is 13.6. The highest BCUT2D eigenvalue weighted by molar-refractivity contribution is 9.10. The van der Waals surface area contributed by atoms with Gasteiger partial charge in [-0.2, -0.15) is 0 Å². The first-order valence-electron chi connectivity index (χ1n) is 7.98. The molecule has 1 aliphatic heterocycles. The Morgan fingerprint density at radius 2 is 2.04 bits per heavy atom. The van der Waals surface area contributed by atoms with Crippen LogP contribution in [0.25, 0.3) is 0 Å². The number of nitrogens with one attached hydrogen (secondary N) is 1. The molecule has 2 aromatic carbocycles. The summed E-state index contributed by atoms with van der Waals surface area (Å²) in [5.74, 6) is -0.421. The second kappa shape index (κ2) is 7.01. The van der Waals surface area contributed by atoms with Crippen molar-refractivity contribution in [2.75, 3.05) is 5.32 Å². The van der Waals surface area contributed by atoms with E-state index in [-0.39, 0.29) is 11.8 Å². The van der Waals surface area contributed by atoms with Crippen molar-refractivity contribution in [3.05, 3.63) is 81.3 Å². The summed E-state index contributed by atoms with van der Waals surface area (Å²) in [4.78, 5) is 31.7. The van der Waals surface area contributed by atoms with Crippen molar-refractivity contribution in [1.82, 2.24) is 9.88 Å². The molecule has 3 aromatic rings. The summed E-state index contributed by atoms with van der Waals surface area (Å²) < 4.78 is 0.843. The number of benzene rings is 2. The van der Waals surface area contributed by atoms with Crippen LogP contribution in [-0.2, 0) is 11.3 Å². The van der Waals surface area contributed by atoms with Crippen LogP contribution in [0.15, 0.2) is 64.6 Å². The number of amides is 2. The van der Waals surface area contributed by atoms with Crippen LogP contribution in [0.1, 0.15) is 27.5 Å². The van der Waals surface area contributed by atoms with Crippen LogP contribution in [0.2, 0.25) is 0 Å². The molecule has 26 heavy (non-hydrogen) atoms. The van der Waals surface area contributed by atoms with Crippen molar-refractivity contribution in [2.24, 2.45) is 0 Å². The lowest BCUT2D eigenvalue weighted by atomic mass is 10.0. The van der Waals surface area contributed by atoms with Crippen molar-refractivity contribution in [2.45, 2.75) is 12.6 Å². The molecule has 130 valence electrons. The van der Waals surface area contributed by atoms with Crippen LogP contribution in [0.3, 0.4) is 0 Å². The summed E-state index contributed by atoms with van der Waals surface area (Å²) >= 11 is 4.75. The van der Waals surface area contributed by atoms with Gasteiger partial charge >= 0.3 is 0 Å². The smallest absolute Gasteiger partial charge is 0.255 e. The molecule has 2 heterocycles. The predicted molar refractivity (Wildman–Crippen MR) is 104 cm³/mol. The summed E-state index contributed by atoms with van der Waals surface area (Å²) in [6.07, 6.45) is 1.63. The Bertz CT molecular complexity index is 960. The molecule has 2 amide bonds. The standard InChI is InChI=1S/C19H14BrN3O2S/c20-14-7-6-13-11-23(18(25)15(13)10-14)16(12-4-2-1-3-5-12)17(24)22-19-21-8-9-26-19/h1-10,16H,11H2,(H,21,22,24). The lowest BCUT2D eigenvalue weighted by Crippen LogP contribution is -2.37. The number of hydrogen-bond acceptors (Lipinski definition) is 4. The van der Waals surface area contributed by atoms with Gasteiger partial charge in [0.2, 0.25) is 0 Å². The molecule has 1 N–H and O–H groups in total. The van der Waals surface area contributed by atoms with E-state index in [0.717, 1.165) is 15.6 Å². The molecule has 0 aliphatic carbocycles. The SMILES string of the molecule is O=C(Nc1nccs1)C(c1ccccc1)N1Cc2ccc(Br)cc2C1=O. The molecule has 0 radical (unpaired) electrons. The minimum absolute atomic E-state index is 0.149. The summed E-state index contributed by atoms with van der Waals surface area (Å²) in [6.45, 7) is 0.395. The molecule has 5 nitrogen and oxygen atoms in total. The van der Waals surface area contributed by atoms with E-state index in [9.17, 15) is 9.59 Å². The fraction of sp³-hybridized carbons (Fsp3) is 0.105. The van der Waals surface area contributed by atoms with Crippen molar-refractivity contribution in [3.8, 4) is 0 Å². The zero-order valence-corrected chi connectivity index (χ0v) is 16.0. The Balaban J connectivity index is 1.70. The number of rotatable bonds is 4. The average Bonchev–Trinajstić information content (AvgIpc) is 3.25. The first-order valence-corrected chi connectivity index (χ1v) is 9.65. The number of nitrogens with zero attached hydrogens (tertiary/aromatic N) is 2. The molecule has 1 aliphatic rings. The van der Waals surface area contributed by atoms with Crippen LogP contribution < -0.4 is 5.32 Å². The van der Waals surface area contributed by atoms with Gasteiger partial charge in [-0.1, -0.05) is 52.3 Å². The van der Waals surface area contributed by atoms with Crippen LogP contribution >= 0.6 is 27.3 Å². The van der Waals surface area contributed by atoms with Crippen molar-refractivity contribution >= 4 is 44.2 Å². The molecule has 0 fully saturated rings. The lowest BCUT2D eigenvalue weighted by molar-refractivity contribution is -0.120. The van der Waals surface area contributed by atoms with Gasteiger partial charge in [0.05, 0.1) is 0 Å². The van der Waals surface area contributed by atoms with Gasteiger partial charge in [0.15, 0.2) is 5.13 Å². The normalized spacial score (nSPS) is 14.2. The number of aromatic nitrogens is 1. The largest absolute Gasteiger partial charge is 0.318 e. The van der Waals surface area contributed by atoms with E-state index >= 15 is 0 Å². The van der Waals surface area contributed by atoms with Gasteiger partial charge in [0.25, 0.3) is 11.8 Å². The van der Waals surface area contributed by atoms with E-state index in [2.05, 4.69) is 26.2 Å². The van der Waals surface area contributed by atoms with Crippen LogP contribution in [-0.4, -0.2) is 21.7 Å². The Morgan fingerprint density at radius 1 is 1.23 bits per heavy atom. The number of carbonyl (C=O) groups is 2. The molecule has 7 heteroatoms. The maximum Gasteiger partial charge on any atom is 0.255 e. The van der Waals surface area contributed by atoms with Gasteiger partial charge in [-0.15, -0.1) is 11.3 Å². The number of halogens is 1. The number of thiazole rings is 1. The summed E-state index contributed by atoms with van der Waals surface area (Å²) in [5, 5.41) is 5.13. The highest BCUT2D eigenvalue weighted by Crippen LogP contribution is 2.33. The Labute approximate surface area is 162 Å². The second-order valence-electron chi connectivity index (χ2n) is 5.87. The molecule has 0 bridgehead atoms. The maximum absolute atomic E-state index is 13.0. The fourth-order valence-electron chi connectivity index (χ4n) is 3.07. The predicted octanol–water partition coefficient (Wildman–Crippen LogP) is 4.24. The monoisotopic (exact) mass is 427 g/mol. The third-order valence-corrected chi connectivity index (χ3v) is 5.42. The highest BCUT2D eigenvalue weighted by atomic mass is 79.9. The molecule has 1 atom stereocenters. The van der Waals surface area contributed by atoms with Crippen molar-refractivity contribution in [3.63, 3.8) is 0 Å². The molecule has 4 rings (SSSR count). The van der Waals surface area contributed by atoms with E-state index in [1.54, 1.807) is 22.5 Å². The van der Waals surface area contributed by atoms with Gasteiger partial charge in [-0.05, 0) is 23.3 Å². The number of carbonyl (C=O) groups excluding carboxylic acids is 2. The molecule has 0 saturated carbocycles. The van der Waals surface area contributed by atoms with E-state index in [0.29, 0.717) is 17.2 Å². The molecular weight excluding hydrogens is 414 g/mol.